The number of benzene rings is 1. The molecule has 5 nitrogen and oxygen atoms in total. The van der Waals surface area contributed by atoms with Gasteiger partial charge in [-0.05, 0) is 32.0 Å². The number of carbonyl (C=O) groups is 1. The second kappa shape index (κ2) is 4.84. The normalized spacial score (nSPS) is 13.5. The zero-order valence-electron chi connectivity index (χ0n) is 12.3. The molecule has 1 aliphatic rings. The van der Waals surface area contributed by atoms with Crippen LogP contribution in [0.5, 0.6) is 11.5 Å². The molecule has 0 atom stereocenters. The summed E-state index contributed by atoms with van der Waals surface area (Å²) in [6, 6.07) is 5.87. The van der Waals surface area contributed by atoms with Crippen molar-refractivity contribution in [2.24, 2.45) is 0 Å². The van der Waals surface area contributed by atoms with Gasteiger partial charge in [0.2, 0.25) is 0 Å². The fourth-order valence-electron chi connectivity index (χ4n) is 2.80. The molecule has 1 aliphatic heterocycles. The Balaban J connectivity index is 1.97. The lowest BCUT2D eigenvalue weighted by molar-refractivity contribution is 0.111. The van der Waals surface area contributed by atoms with Crippen molar-refractivity contribution in [2.75, 3.05) is 13.2 Å². The lowest BCUT2D eigenvalue weighted by atomic mass is 10.1. The molecular weight excluding hydrogens is 300 g/mol. The largest absolute Gasteiger partial charge is 0.486 e. The van der Waals surface area contributed by atoms with Crippen molar-refractivity contribution in [1.82, 2.24) is 9.38 Å². The van der Waals surface area contributed by atoms with Crippen molar-refractivity contribution in [3.63, 3.8) is 0 Å². The molecular formula is C16H14N2O3S. The van der Waals surface area contributed by atoms with Gasteiger partial charge in [-0.2, -0.15) is 0 Å². The molecule has 112 valence electrons. The molecule has 1 aromatic carbocycles. The van der Waals surface area contributed by atoms with E-state index in [1.807, 2.05) is 36.4 Å². The van der Waals surface area contributed by atoms with E-state index in [0.717, 1.165) is 44.6 Å². The minimum atomic E-state index is 0.554. The van der Waals surface area contributed by atoms with Crippen LogP contribution in [0.4, 0.5) is 0 Å². The maximum Gasteiger partial charge on any atom is 0.195 e. The number of nitrogens with zero attached hydrogens (tertiary/aromatic N) is 2. The lowest BCUT2D eigenvalue weighted by Crippen LogP contribution is -2.15. The first-order valence-corrected chi connectivity index (χ1v) is 7.84. The summed E-state index contributed by atoms with van der Waals surface area (Å²) in [7, 11) is 0. The molecule has 0 saturated heterocycles. The number of ether oxygens (including phenoxy) is 2. The van der Waals surface area contributed by atoms with Crippen molar-refractivity contribution < 1.29 is 14.3 Å². The first-order chi connectivity index (χ1) is 10.7. The Hall–Kier alpha value is -2.34. The second-order valence-electron chi connectivity index (χ2n) is 5.18. The van der Waals surface area contributed by atoms with E-state index < -0.39 is 0 Å². The SMILES string of the molecule is Cc1nc2sc(C)c(-c3ccc4c(c3)OCCO4)n2c1C=O. The van der Waals surface area contributed by atoms with Crippen LogP contribution in [0.3, 0.4) is 0 Å². The maximum absolute atomic E-state index is 11.4. The monoisotopic (exact) mass is 314 g/mol. The van der Waals surface area contributed by atoms with Gasteiger partial charge in [0.25, 0.3) is 0 Å². The van der Waals surface area contributed by atoms with Gasteiger partial charge >= 0.3 is 0 Å². The third kappa shape index (κ3) is 1.84. The number of thiazole rings is 1. The number of hydrogen-bond donors (Lipinski definition) is 0. The summed E-state index contributed by atoms with van der Waals surface area (Å²) < 4.78 is 13.1. The molecule has 0 spiro atoms. The van der Waals surface area contributed by atoms with Gasteiger partial charge in [-0.1, -0.05) is 0 Å². The number of carbonyl (C=O) groups excluding carboxylic acids is 1. The van der Waals surface area contributed by atoms with Gasteiger partial charge in [-0.3, -0.25) is 9.20 Å². The zero-order valence-corrected chi connectivity index (χ0v) is 13.1. The number of aldehydes is 1. The summed E-state index contributed by atoms with van der Waals surface area (Å²) in [6.07, 6.45) is 0.864. The summed E-state index contributed by atoms with van der Waals surface area (Å²) in [6.45, 7) is 5.02. The zero-order chi connectivity index (χ0) is 15.3. The Morgan fingerprint density at radius 1 is 1.23 bits per heavy atom. The molecule has 3 heterocycles. The molecule has 0 radical (unpaired) electrons. The number of rotatable bonds is 2. The van der Waals surface area contributed by atoms with Gasteiger partial charge in [0.1, 0.15) is 18.9 Å². The Labute approximate surface area is 131 Å². The number of aryl methyl sites for hydroxylation is 2. The van der Waals surface area contributed by atoms with Crippen LogP contribution in [0.2, 0.25) is 0 Å². The molecule has 0 N–H and O–H groups in total. The molecule has 0 unspecified atom stereocenters. The van der Waals surface area contributed by atoms with Crippen molar-refractivity contribution in [2.45, 2.75) is 13.8 Å². The van der Waals surface area contributed by atoms with Crippen LogP contribution in [-0.2, 0) is 0 Å². The van der Waals surface area contributed by atoms with E-state index in [2.05, 4.69) is 4.98 Å². The fraction of sp³-hybridized carbons (Fsp3) is 0.250. The standard InChI is InChI=1S/C16H14N2O3S/c1-9-12(8-19)18-15(10(2)22-16(18)17-9)11-3-4-13-14(7-11)21-6-5-20-13/h3-4,7-8H,5-6H2,1-2H3. The minimum absolute atomic E-state index is 0.554. The second-order valence-corrected chi connectivity index (χ2v) is 6.37. The highest BCUT2D eigenvalue weighted by Gasteiger charge is 2.20. The van der Waals surface area contributed by atoms with E-state index in [-0.39, 0.29) is 0 Å². The summed E-state index contributed by atoms with van der Waals surface area (Å²) in [5, 5.41) is 0. The number of aromatic nitrogens is 2. The van der Waals surface area contributed by atoms with Crippen LogP contribution in [0.25, 0.3) is 16.2 Å². The Kier molecular flexibility index (Phi) is 2.94. The van der Waals surface area contributed by atoms with Gasteiger partial charge in [-0.25, -0.2) is 4.98 Å². The van der Waals surface area contributed by atoms with Crippen LogP contribution in [0.1, 0.15) is 21.1 Å². The summed E-state index contributed by atoms with van der Waals surface area (Å²) in [4.78, 5) is 17.8. The van der Waals surface area contributed by atoms with E-state index in [4.69, 9.17) is 9.47 Å². The molecule has 0 amide bonds. The van der Waals surface area contributed by atoms with E-state index in [1.165, 1.54) is 0 Å². The van der Waals surface area contributed by atoms with Crippen LogP contribution >= 0.6 is 11.3 Å². The molecule has 3 aromatic rings. The number of hydrogen-bond acceptors (Lipinski definition) is 5. The average molecular weight is 314 g/mol. The van der Waals surface area contributed by atoms with E-state index in [0.29, 0.717) is 18.9 Å². The quantitative estimate of drug-likeness (QED) is 0.681. The van der Waals surface area contributed by atoms with Crippen molar-refractivity contribution >= 4 is 22.6 Å². The molecule has 0 fully saturated rings. The Morgan fingerprint density at radius 3 is 2.77 bits per heavy atom. The van der Waals surface area contributed by atoms with Crippen molar-refractivity contribution in [3.8, 4) is 22.8 Å². The van der Waals surface area contributed by atoms with E-state index in [9.17, 15) is 4.79 Å². The van der Waals surface area contributed by atoms with Crippen LogP contribution < -0.4 is 9.47 Å². The molecule has 6 heteroatoms. The van der Waals surface area contributed by atoms with Gasteiger partial charge < -0.3 is 9.47 Å². The summed E-state index contributed by atoms with van der Waals surface area (Å²) >= 11 is 1.58. The smallest absolute Gasteiger partial charge is 0.195 e. The van der Waals surface area contributed by atoms with Crippen LogP contribution in [0, 0.1) is 13.8 Å². The first-order valence-electron chi connectivity index (χ1n) is 7.02. The highest BCUT2D eigenvalue weighted by atomic mass is 32.1. The van der Waals surface area contributed by atoms with Gasteiger partial charge in [0.15, 0.2) is 22.7 Å². The molecule has 2 aromatic heterocycles. The fourth-order valence-corrected chi connectivity index (χ4v) is 3.85. The van der Waals surface area contributed by atoms with Crippen molar-refractivity contribution in [1.29, 1.82) is 0 Å². The Bertz CT molecular complexity index is 895. The first kappa shape index (κ1) is 13.3. The molecule has 0 bridgehead atoms. The summed E-state index contributed by atoms with van der Waals surface area (Å²) in [5.41, 5.74) is 3.33. The van der Waals surface area contributed by atoms with E-state index >= 15 is 0 Å². The molecule has 0 saturated carbocycles. The molecule has 0 aliphatic carbocycles. The number of imidazole rings is 1. The van der Waals surface area contributed by atoms with Gasteiger partial charge in [-0.15, -0.1) is 11.3 Å². The third-order valence-electron chi connectivity index (χ3n) is 3.79. The van der Waals surface area contributed by atoms with Gasteiger partial charge in [0, 0.05) is 10.4 Å². The lowest BCUT2D eigenvalue weighted by Gasteiger charge is -2.19. The van der Waals surface area contributed by atoms with Gasteiger partial charge in [0.05, 0.1) is 11.4 Å². The molecule has 4 rings (SSSR count). The van der Waals surface area contributed by atoms with E-state index in [1.54, 1.807) is 11.3 Å². The van der Waals surface area contributed by atoms with Crippen LogP contribution in [0.15, 0.2) is 18.2 Å². The summed E-state index contributed by atoms with van der Waals surface area (Å²) in [5.74, 6) is 1.50. The predicted octanol–water partition coefficient (Wildman–Crippen LogP) is 3.26. The average Bonchev–Trinajstić information content (AvgIpc) is 2.99. The molecule has 22 heavy (non-hydrogen) atoms. The maximum atomic E-state index is 11.4. The predicted molar refractivity (Wildman–Crippen MR) is 84.4 cm³/mol. The topological polar surface area (TPSA) is 52.8 Å². The highest BCUT2D eigenvalue weighted by molar-refractivity contribution is 7.17. The highest BCUT2D eigenvalue weighted by Crippen LogP contribution is 2.38. The van der Waals surface area contributed by atoms with Crippen molar-refractivity contribution in [3.05, 3.63) is 34.5 Å². The number of fused-ring (bicyclic) bond motifs is 2. The minimum Gasteiger partial charge on any atom is -0.486 e. The van der Waals surface area contributed by atoms with Crippen LogP contribution in [-0.4, -0.2) is 28.9 Å². The third-order valence-corrected chi connectivity index (χ3v) is 4.75. The Morgan fingerprint density at radius 2 is 2.00 bits per heavy atom.